The van der Waals surface area contributed by atoms with Crippen molar-refractivity contribution in [3.05, 3.63) is 53.3 Å². The van der Waals surface area contributed by atoms with Gasteiger partial charge in [0.25, 0.3) is 5.91 Å². The molecule has 1 amide bonds. The Bertz CT molecular complexity index is 1160. The minimum atomic E-state index is -4.40. The summed E-state index contributed by atoms with van der Waals surface area (Å²) in [5, 5.41) is 3.40. The second-order valence-corrected chi connectivity index (χ2v) is 10.7. The van der Waals surface area contributed by atoms with Crippen LogP contribution in [0, 0.1) is 0 Å². The standard InChI is InChI=1S/C22H25F3N4O3S/c23-22(24,25)19-8-7-18-21(26-11-14-29(18)19)9-12-28(13-10-21)20(30)15-1-5-17(6-2-15)33(31,32)27-16-3-4-16/h1-2,5-8,16,26-27H,3-4,9-14H2. The molecule has 1 aromatic heterocycles. The van der Waals surface area contributed by atoms with E-state index in [0.717, 1.165) is 18.9 Å². The lowest BCUT2D eigenvalue weighted by Gasteiger charge is -2.45. The van der Waals surface area contributed by atoms with Crippen LogP contribution in [0.2, 0.25) is 0 Å². The molecule has 2 N–H and O–H groups in total. The molecule has 7 nitrogen and oxygen atoms in total. The Hall–Kier alpha value is -2.37. The molecule has 1 aromatic carbocycles. The van der Waals surface area contributed by atoms with E-state index in [9.17, 15) is 26.4 Å². The summed E-state index contributed by atoms with van der Waals surface area (Å²) < 4.78 is 68.6. The van der Waals surface area contributed by atoms with Gasteiger partial charge < -0.3 is 14.8 Å². The minimum absolute atomic E-state index is 0.00121. The van der Waals surface area contributed by atoms with Crippen LogP contribution in [0.4, 0.5) is 13.2 Å². The van der Waals surface area contributed by atoms with Gasteiger partial charge in [-0.15, -0.1) is 0 Å². The molecule has 0 radical (unpaired) electrons. The number of hydrogen-bond donors (Lipinski definition) is 2. The molecule has 1 aliphatic carbocycles. The van der Waals surface area contributed by atoms with Crippen molar-refractivity contribution in [2.45, 2.75) is 54.9 Å². The summed E-state index contributed by atoms with van der Waals surface area (Å²) in [4.78, 5) is 14.8. The largest absolute Gasteiger partial charge is 0.431 e. The summed E-state index contributed by atoms with van der Waals surface area (Å²) in [5.74, 6) is -0.217. The molecule has 2 aliphatic heterocycles. The van der Waals surface area contributed by atoms with Crippen molar-refractivity contribution < 1.29 is 26.4 Å². The van der Waals surface area contributed by atoms with Crippen molar-refractivity contribution in [2.75, 3.05) is 19.6 Å². The number of halogens is 3. The lowest BCUT2D eigenvalue weighted by molar-refractivity contribution is -0.144. The van der Waals surface area contributed by atoms with Crippen LogP contribution in [-0.2, 0) is 28.3 Å². The van der Waals surface area contributed by atoms with E-state index in [0.29, 0.717) is 43.7 Å². The number of nitrogens with one attached hydrogen (secondary N) is 2. The first kappa shape index (κ1) is 22.4. The molecule has 1 saturated carbocycles. The third-order valence-corrected chi connectivity index (χ3v) is 8.31. The maximum absolute atomic E-state index is 13.4. The molecule has 5 rings (SSSR count). The lowest BCUT2D eigenvalue weighted by Crippen LogP contribution is -2.56. The van der Waals surface area contributed by atoms with E-state index >= 15 is 0 Å². The number of alkyl halides is 3. The van der Waals surface area contributed by atoms with Gasteiger partial charge in [0.2, 0.25) is 10.0 Å². The highest BCUT2D eigenvalue weighted by Gasteiger charge is 2.44. The maximum Gasteiger partial charge on any atom is 0.431 e. The fraction of sp³-hybridized carbons (Fsp3) is 0.500. The van der Waals surface area contributed by atoms with Crippen molar-refractivity contribution in [3.63, 3.8) is 0 Å². The predicted molar refractivity (Wildman–Crippen MR) is 114 cm³/mol. The summed E-state index contributed by atoms with van der Waals surface area (Å²) in [5.41, 5.74) is -0.227. The first-order valence-electron chi connectivity index (χ1n) is 11.0. The molecule has 178 valence electrons. The van der Waals surface area contributed by atoms with E-state index < -0.39 is 27.4 Å². The van der Waals surface area contributed by atoms with Gasteiger partial charge >= 0.3 is 6.18 Å². The highest BCUT2D eigenvalue weighted by molar-refractivity contribution is 7.89. The van der Waals surface area contributed by atoms with Crippen molar-refractivity contribution >= 4 is 15.9 Å². The molecular weight excluding hydrogens is 457 g/mol. The van der Waals surface area contributed by atoms with E-state index in [1.54, 1.807) is 11.0 Å². The zero-order valence-corrected chi connectivity index (χ0v) is 18.7. The number of piperidine rings is 1. The van der Waals surface area contributed by atoms with Gasteiger partial charge in [0.15, 0.2) is 0 Å². The molecule has 2 aromatic rings. The Labute approximate surface area is 190 Å². The molecule has 1 spiro atoms. The topological polar surface area (TPSA) is 83.4 Å². The summed E-state index contributed by atoms with van der Waals surface area (Å²) in [6.45, 7) is 1.47. The molecule has 2 fully saturated rings. The maximum atomic E-state index is 13.4. The predicted octanol–water partition coefficient (Wildman–Crippen LogP) is 2.68. The van der Waals surface area contributed by atoms with Crippen LogP contribution in [-0.4, -0.2) is 49.5 Å². The van der Waals surface area contributed by atoms with E-state index in [-0.39, 0.29) is 23.4 Å². The highest BCUT2D eigenvalue weighted by atomic mass is 32.2. The minimum Gasteiger partial charge on any atom is -0.338 e. The van der Waals surface area contributed by atoms with E-state index in [1.165, 1.54) is 28.8 Å². The SMILES string of the molecule is O=C(c1ccc(S(=O)(=O)NC2CC2)cc1)N1CCC2(CC1)NCCn1c(C(F)(F)F)ccc12. The van der Waals surface area contributed by atoms with Gasteiger partial charge in [-0.3, -0.25) is 4.79 Å². The average Bonchev–Trinajstić information content (AvgIpc) is 3.45. The van der Waals surface area contributed by atoms with Crippen molar-refractivity contribution in [1.82, 2.24) is 19.5 Å². The van der Waals surface area contributed by atoms with Gasteiger partial charge in [-0.25, -0.2) is 13.1 Å². The Kier molecular flexibility index (Phi) is 5.33. The van der Waals surface area contributed by atoms with E-state index in [2.05, 4.69) is 10.0 Å². The van der Waals surface area contributed by atoms with Gasteiger partial charge in [-0.2, -0.15) is 13.2 Å². The highest BCUT2D eigenvalue weighted by Crippen LogP contribution is 2.40. The fourth-order valence-corrected chi connectivity index (χ4v) is 6.15. The Balaban J connectivity index is 1.28. The van der Waals surface area contributed by atoms with Gasteiger partial charge in [0, 0.05) is 43.5 Å². The third kappa shape index (κ3) is 4.17. The second-order valence-electron chi connectivity index (χ2n) is 8.97. The number of rotatable bonds is 4. The number of aromatic nitrogens is 1. The van der Waals surface area contributed by atoms with Gasteiger partial charge in [-0.1, -0.05) is 0 Å². The van der Waals surface area contributed by atoms with Gasteiger partial charge in [0.1, 0.15) is 5.69 Å². The van der Waals surface area contributed by atoms with Crippen LogP contribution in [0.5, 0.6) is 0 Å². The number of hydrogen-bond acceptors (Lipinski definition) is 4. The first-order chi connectivity index (χ1) is 15.6. The first-order valence-corrected chi connectivity index (χ1v) is 12.5. The number of carbonyl (C=O) groups excluding carboxylic acids is 1. The zero-order chi connectivity index (χ0) is 23.4. The van der Waals surface area contributed by atoms with Gasteiger partial charge in [0.05, 0.1) is 10.4 Å². The van der Waals surface area contributed by atoms with Crippen molar-refractivity contribution in [2.24, 2.45) is 0 Å². The number of benzene rings is 1. The quantitative estimate of drug-likeness (QED) is 0.702. The van der Waals surface area contributed by atoms with Crippen LogP contribution >= 0.6 is 0 Å². The van der Waals surface area contributed by atoms with E-state index in [1.807, 2.05) is 0 Å². The molecule has 3 aliphatic rings. The number of likely N-dealkylation sites (tertiary alicyclic amines) is 1. The number of nitrogens with zero attached hydrogens (tertiary/aromatic N) is 2. The number of amides is 1. The number of sulfonamides is 1. The third-order valence-electron chi connectivity index (χ3n) is 6.78. The Morgan fingerprint density at radius 2 is 1.70 bits per heavy atom. The smallest absolute Gasteiger partial charge is 0.338 e. The van der Waals surface area contributed by atoms with Crippen molar-refractivity contribution in [3.8, 4) is 0 Å². The van der Waals surface area contributed by atoms with Crippen LogP contribution in [0.3, 0.4) is 0 Å². The van der Waals surface area contributed by atoms with Gasteiger partial charge in [-0.05, 0) is 62.1 Å². The molecule has 11 heteroatoms. The summed E-state index contributed by atoms with van der Waals surface area (Å²) >= 11 is 0. The summed E-state index contributed by atoms with van der Waals surface area (Å²) in [6.07, 6.45) is -1.73. The number of fused-ring (bicyclic) bond motifs is 2. The molecule has 3 heterocycles. The molecule has 0 unspecified atom stereocenters. The van der Waals surface area contributed by atoms with Crippen LogP contribution in [0.1, 0.15) is 47.4 Å². The molecule has 0 bridgehead atoms. The summed E-state index contributed by atoms with van der Waals surface area (Å²) in [7, 11) is -3.59. The molecule has 1 saturated heterocycles. The normalized spacial score (nSPS) is 20.6. The number of carbonyl (C=O) groups is 1. The fourth-order valence-electron chi connectivity index (χ4n) is 4.84. The monoisotopic (exact) mass is 482 g/mol. The van der Waals surface area contributed by atoms with Crippen LogP contribution in [0.15, 0.2) is 41.3 Å². The molecule has 33 heavy (non-hydrogen) atoms. The average molecular weight is 483 g/mol. The van der Waals surface area contributed by atoms with Crippen molar-refractivity contribution in [1.29, 1.82) is 0 Å². The molecule has 0 atom stereocenters. The Morgan fingerprint density at radius 1 is 1.03 bits per heavy atom. The molecular formula is C22H25F3N4O3S. The summed E-state index contributed by atoms with van der Waals surface area (Å²) in [6, 6.07) is 8.55. The lowest BCUT2D eigenvalue weighted by atomic mass is 9.83. The van der Waals surface area contributed by atoms with Crippen LogP contribution < -0.4 is 10.0 Å². The zero-order valence-electron chi connectivity index (χ0n) is 17.9. The Morgan fingerprint density at radius 3 is 2.30 bits per heavy atom. The second kappa shape index (κ2) is 7.85. The van der Waals surface area contributed by atoms with E-state index in [4.69, 9.17) is 0 Å². The van der Waals surface area contributed by atoms with Crippen LogP contribution in [0.25, 0.3) is 0 Å².